The molecule has 5 nitrogen and oxygen atoms in total. The number of nitrogens with zero attached hydrogens (tertiary/aromatic N) is 2. The summed E-state index contributed by atoms with van der Waals surface area (Å²) in [6, 6.07) is 7.57. The minimum absolute atomic E-state index is 0.0155. The normalized spacial score (nSPS) is 20.1. The molecule has 1 saturated carbocycles. The molecule has 136 valence electrons. The number of nitrogens with one attached hydrogen (secondary N) is 1. The van der Waals surface area contributed by atoms with Crippen LogP contribution in [0.3, 0.4) is 0 Å². The Hall–Kier alpha value is -2.47. The molecule has 1 fully saturated rings. The summed E-state index contributed by atoms with van der Waals surface area (Å²) in [7, 11) is 0. The van der Waals surface area contributed by atoms with Crippen LogP contribution in [0, 0.1) is 5.82 Å². The average Bonchev–Trinajstić information content (AvgIpc) is 2.65. The highest BCUT2D eigenvalue weighted by Crippen LogP contribution is 2.22. The summed E-state index contributed by atoms with van der Waals surface area (Å²) in [5.41, 5.74) is 0.918. The first kappa shape index (κ1) is 18.3. The van der Waals surface area contributed by atoms with Gasteiger partial charge in [-0.3, -0.25) is 4.79 Å². The molecular weight excluding hydrogens is 357 g/mol. The third-order valence-corrected chi connectivity index (χ3v) is 4.44. The Labute approximate surface area is 156 Å². The maximum Gasteiger partial charge on any atom is 0.316 e. The lowest BCUT2D eigenvalue weighted by molar-refractivity contribution is -0.117. The lowest BCUT2D eigenvalue weighted by Crippen LogP contribution is -2.39. The molecule has 0 atom stereocenters. The second-order valence-electron chi connectivity index (χ2n) is 6.17. The minimum Gasteiger partial charge on any atom is -0.460 e. The third-order valence-electron chi connectivity index (χ3n) is 4.19. The maximum atomic E-state index is 12.8. The zero-order valence-corrected chi connectivity index (χ0v) is 14.8. The quantitative estimate of drug-likeness (QED) is 0.807. The Morgan fingerprint density at radius 2 is 1.81 bits per heavy atom. The van der Waals surface area contributed by atoms with E-state index in [1.165, 1.54) is 6.08 Å². The Bertz CT molecular complexity index is 757. The summed E-state index contributed by atoms with van der Waals surface area (Å²) in [5, 5.41) is 3.67. The van der Waals surface area contributed by atoms with Crippen molar-refractivity contribution in [1.29, 1.82) is 0 Å². The Kier molecular flexibility index (Phi) is 6.17. The fraction of sp³-hybridized carbons (Fsp3) is 0.316. The van der Waals surface area contributed by atoms with Crippen molar-refractivity contribution in [3.63, 3.8) is 0 Å². The van der Waals surface area contributed by atoms with E-state index in [1.807, 2.05) is 12.1 Å². The van der Waals surface area contributed by atoms with Crippen LogP contribution in [0.5, 0.6) is 6.01 Å². The topological polar surface area (TPSA) is 64.1 Å². The number of carbonyl (C=O) groups is 1. The molecule has 3 rings (SSSR count). The molecule has 1 aromatic heterocycles. The van der Waals surface area contributed by atoms with Crippen molar-refractivity contribution < 1.29 is 13.9 Å². The third kappa shape index (κ3) is 5.52. The van der Waals surface area contributed by atoms with Crippen LogP contribution in [-0.4, -0.2) is 28.0 Å². The van der Waals surface area contributed by atoms with Crippen molar-refractivity contribution in [1.82, 2.24) is 15.3 Å². The molecule has 1 heterocycles. The number of rotatable bonds is 5. The van der Waals surface area contributed by atoms with Crippen LogP contribution >= 0.6 is 11.6 Å². The molecule has 1 N–H and O–H groups in total. The predicted octanol–water partition coefficient (Wildman–Crippen LogP) is 3.79. The Morgan fingerprint density at radius 3 is 2.46 bits per heavy atom. The highest BCUT2D eigenvalue weighted by molar-refractivity contribution is 6.30. The first-order chi connectivity index (χ1) is 12.6. The summed E-state index contributed by atoms with van der Waals surface area (Å²) in [6.45, 7) is 0. The van der Waals surface area contributed by atoms with E-state index in [0.29, 0.717) is 5.02 Å². The van der Waals surface area contributed by atoms with E-state index in [1.54, 1.807) is 18.2 Å². The van der Waals surface area contributed by atoms with Crippen LogP contribution in [0.2, 0.25) is 5.02 Å². The summed E-state index contributed by atoms with van der Waals surface area (Å²) in [5.74, 6) is -0.610. The van der Waals surface area contributed by atoms with Gasteiger partial charge in [0.1, 0.15) is 6.10 Å². The molecule has 1 aliphatic rings. The first-order valence-electron chi connectivity index (χ1n) is 8.47. The van der Waals surface area contributed by atoms with Crippen molar-refractivity contribution in [2.24, 2.45) is 0 Å². The number of halogens is 2. The van der Waals surface area contributed by atoms with Crippen molar-refractivity contribution in [2.75, 3.05) is 0 Å². The van der Waals surface area contributed by atoms with Gasteiger partial charge in [0.2, 0.25) is 5.91 Å². The van der Waals surface area contributed by atoms with E-state index < -0.39 is 5.82 Å². The van der Waals surface area contributed by atoms with E-state index in [9.17, 15) is 9.18 Å². The smallest absolute Gasteiger partial charge is 0.316 e. The fourth-order valence-electron chi connectivity index (χ4n) is 2.83. The number of hydrogen-bond acceptors (Lipinski definition) is 4. The number of amides is 1. The molecule has 0 saturated heterocycles. The van der Waals surface area contributed by atoms with Gasteiger partial charge in [0.25, 0.3) is 0 Å². The van der Waals surface area contributed by atoms with Crippen molar-refractivity contribution in [2.45, 2.75) is 37.8 Å². The summed E-state index contributed by atoms with van der Waals surface area (Å²) in [4.78, 5) is 19.7. The second kappa shape index (κ2) is 8.76. The molecule has 1 amide bonds. The first-order valence-corrected chi connectivity index (χ1v) is 8.84. The molecule has 0 spiro atoms. The number of carbonyl (C=O) groups excluding carboxylic acids is 1. The Balaban J connectivity index is 1.42. The monoisotopic (exact) mass is 375 g/mol. The fourth-order valence-corrected chi connectivity index (χ4v) is 2.96. The average molecular weight is 376 g/mol. The molecule has 1 aliphatic carbocycles. The standard InChI is InChI=1S/C19H19ClFN3O2/c20-14-4-1-13(2-5-14)3-10-18(25)24-16-6-8-17(9-7-16)26-19-22-11-15(21)12-23-19/h1-5,10-12,16-17H,6-9H2,(H,24,25)/b10-3+. The predicted molar refractivity (Wildman–Crippen MR) is 97.3 cm³/mol. The molecule has 2 aromatic rings. The lowest BCUT2D eigenvalue weighted by Gasteiger charge is -2.28. The molecule has 26 heavy (non-hydrogen) atoms. The molecule has 7 heteroatoms. The van der Waals surface area contributed by atoms with E-state index in [2.05, 4.69) is 15.3 Å². The SMILES string of the molecule is O=C(/C=C/c1ccc(Cl)cc1)NC1CCC(Oc2ncc(F)cn2)CC1. The van der Waals surface area contributed by atoms with Gasteiger partial charge in [-0.2, -0.15) is 0 Å². The van der Waals surface area contributed by atoms with Crippen molar-refractivity contribution in [3.8, 4) is 6.01 Å². The van der Waals surface area contributed by atoms with E-state index in [4.69, 9.17) is 16.3 Å². The zero-order valence-electron chi connectivity index (χ0n) is 14.1. The van der Waals surface area contributed by atoms with Gasteiger partial charge in [-0.05, 0) is 49.5 Å². The van der Waals surface area contributed by atoms with Gasteiger partial charge in [0.15, 0.2) is 5.82 Å². The molecule has 0 aliphatic heterocycles. The van der Waals surface area contributed by atoms with Gasteiger partial charge < -0.3 is 10.1 Å². The van der Waals surface area contributed by atoms with Gasteiger partial charge in [-0.15, -0.1) is 0 Å². The van der Waals surface area contributed by atoms with Crippen LogP contribution in [0.15, 0.2) is 42.7 Å². The number of benzene rings is 1. The largest absolute Gasteiger partial charge is 0.460 e. The molecule has 0 bridgehead atoms. The maximum absolute atomic E-state index is 12.8. The summed E-state index contributed by atoms with van der Waals surface area (Å²) >= 11 is 5.83. The molecule has 0 unspecified atom stereocenters. The van der Waals surface area contributed by atoms with Gasteiger partial charge in [-0.25, -0.2) is 14.4 Å². The van der Waals surface area contributed by atoms with Gasteiger partial charge in [-0.1, -0.05) is 23.7 Å². The molecular formula is C19H19ClFN3O2. The van der Waals surface area contributed by atoms with Crippen molar-refractivity contribution in [3.05, 3.63) is 59.1 Å². The molecule has 0 radical (unpaired) electrons. The second-order valence-corrected chi connectivity index (χ2v) is 6.61. The summed E-state index contributed by atoms with van der Waals surface area (Å²) in [6.07, 6.45) is 8.63. The van der Waals surface area contributed by atoms with Crippen LogP contribution < -0.4 is 10.1 Å². The van der Waals surface area contributed by atoms with Gasteiger partial charge >= 0.3 is 6.01 Å². The van der Waals surface area contributed by atoms with Crippen LogP contribution in [0.4, 0.5) is 4.39 Å². The van der Waals surface area contributed by atoms with E-state index in [0.717, 1.165) is 43.6 Å². The lowest BCUT2D eigenvalue weighted by atomic mass is 9.93. The van der Waals surface area contributed by atoms with Crippen LogP contribution in [0.25, 0.3) is 6.08 Å². The van der Waals surface area contributed by atoms with Gasteiger partial charge in [0, 0.05) is 17.1 Å². The number of hydrogen-bond donors (Lipinski definition) is 1. The van der Waals surface area contributed by atoms with Crippen LogP contribution in [0.1, 0.15) is 31.2 Å². The number of ether oxygens (including phenoxy) is 1. The highest BCUT2D eigenvalue weighted by atomic mass is 35.5. The van der Waals surface area contributed by atoms with Crippen molar-refractivity contribution >= 4 is 23.6 Å². The molecule has 1 aromatic carbocycles. The number of aromatic nitrogens is 2. The van der Waals surface area contributed by atoms with Crippen LogP contribution in [-0.2, 0) is 4.79 Å². The highest BCUT2D eigenvalue weighted by Gasteiger charge is 2.23. The summed E-state index contributed by atoms with van der Waals surface area (Å²) < 4.78 is 18.4. The minimum atomic E-state index is -0.490. The van der Waals surface area contributed by atoms with E-state index >= 15 is 0 Å². The Morgan fingerprint density at radius 1 is 1.15 bits per heavy atom. The van der Waals surface area contributed by atoms with E-state index in [-0.39, 0.29) is 24.1 Å². The zero-order chi connectivity index (χ0) is 18.4. The van der Waals surface area contributed by atoms with Gasteiger partial charge in [0.05, 0.1) is 12.4 Å².